The predicted molar refractivity (Wildman–Crippen MR) is 85.9 cm³/mol. The van der Waals surface area contributed by atoms with Crippen molar-refractivity contribution < 1.29 is 43.2 Å². The molecule has 24 heavy (non-hydrogen) atoms. The van der Waals surface area contributed by atoms with E-state index in [1.807, 2.05) is 60.4 Å². The molecule has 0 aliphatic carbocycles. The van der Waals surface area contributed by atoms with Crippen molar-refractivity contribution in [2.45, 2.75) is 13.0 Å². The summed E-state index contributed by atoms with van der Waals surface area (Å²) in [6, 6.07) is 11.2. The van der Waals surface area contributed by atoms with Crippen LogP contribution >= 0.6 is 0 Å². The van der Waals surface area contributed by atoms with Gasteiger partial charge < -0.3 is 38.8 Å². The molecule has 2 N–H and O–H groups in total. The predicted octanol–water partition coefficient (Wildman–Crippen LogP) is -0.745. The molecule has 0 spiro atoms. The quantitative estimate of drug-likeness (QED) is 0.320. The van der Waals surface area contributed by atoms with Gasteiger partial charge in [-0.2, -0.15) is 0 Å². The van der Waals surface area contributed by atoms with E-state index in [1.165, 1.54) is 0 Å². The molecule has 0 saturated heterocycles. The van der Waals surface area contributed by atoms with E-state index in [1.54, 1.807) is 6.92 Å². The van der Waals surface area contributed by atoms with E-state index < -0.39 is 12.1 Å². The summed E-state index contributed by atoms with van der Waals surface area (Å²) in [6.07, 6.45) is 2.80. The Balaban J connectivity index is 0.00000208. The molecule has 0 saturated carbocycles. The Labute approximate surface area is 157 Å². The Kier molecular flexibility index (Phi) is 5.95. The monoisotopic (exact) mass is 438 g/mol. The summed E-state index contributed by atoms with van der Waals surface area (Å²) >= 11 is 0. The van der Waals surface area contributed by atoms with Gasteiger partial charge >= 0.3 is 5.97 Å². The second-order valence-corrected chi connectivity index (χ2v) is 5.39. The van der Waals surface area contributed by atoms with Gasteiger partial charge in [-0.1, -0.05) is 18.2 Å². The van der Waals surface area contributed by atoms with Gasteiger partial charge in [0.1, 0.15) is 18.8 Å². The lowest BCUT2D eigenvalue weighted by Crippen LogP contribution is -3.00. The van der Waals surface area contributed by atoms with Crippen LogP contribution in [0.4, 0.5) is 0 Å². The van der Waals surface area contributed by atoms with E-state index in [0.717, 1.165) is 10.9 Å². The normalized spacial score (nSPS) is 11.8. The van der Waals surface area contributed by atoms with Crippen molar-refractivity contribution in [1.29, 1.82) is 0 Å². The number of nitrogens with zero attached hydrogens (tertiary/aromatic N) is 1. The van der Waals surface area contributed by atoms with Crippen molar-refractivity contribution in [3.8, 4) is 0 Å². The van der Waals surface area contributed by atoms with E-state index in [-0.39, 0.29) is 30.6 Å². The summed E-state index contributed by atoms with van der Waals surface area (Å²) in [5.41, 5.74) is 2.35. The van der Waals surface area contributed by atoms with E-state index in [0.29, 0.717) is 16.8 Å². The largest absolute Gasteiger partial charge is 1.00 e. The van der Waals surface area contributed by atoms with Crippen molar-refractivity contribution in [2.24, 2.45) is 7.05 Å². The Morgan fingerprint density at radius 3 is 2.75 bits per heavy atom. The standard InChI is InChI=1S/C18H18N2O3.HI/c1-3-23-18(22)16-15(13-8-4-5-9-14(13)19-16)17(21)12-7-6-10-20(2)11-12;/h4-11,17,21H,3H2,1-2H3;1H. The Bertz CT molecular complexity index is 860. The zero-order valence-electron chi connectivity index (χ0n) is 13.5. The number of halogens is 1. The molecule has 0 radical (unpaired) electrons. The molecule has 5 nitrogen and oxygen atoms in total. The van der Waals surface area contributed by atoms with Crippen molar-refractivity contribution in [3.05, 3.63) is 65.6 Å². The fraction of sp³-hybridized carbons (Fsp3) is 0.222. The molecule has 1 aromatic carbocycles. The van der Waals surface area contributed by atoms with Crippen LogP contribution in [0.2, 0.25) is 0 Å². The molecular weight excluding hydrogens is 419 g/mol. The Morgan fingerprint density at radius 2 is 2.04 bits per heavy atom. The average molecular weight is 438 g/mol. The smallest absolute Gasteiger partial charge is 0.355 e. The average Bonchev–Trinajstić information content (AvgIpc) is 2.94. The number of benzene rings is 1. The highest BCUT2D eigenvalue weighted by Crippen LogP contribution is 2.32. The van der Waals surface area contributed by atoms with Crippen molar-refractivity contribution in [2.75, 3.05) is 6.61 Å². The number of aryl methyl sites for hydroxylation is 1. The molecule has 1 atom stereocenters. The van der Waals surface area contributed by atoms with Crippen LogP contribution < -0.4 is 28.5 Å². The van der Waals surface area contributed by atoms with Crippen LogP contribution in [0.3, 0.4) is 0 Å². The number of aromatic nitrogens is 2. The van der Waals surface area contributed by atoms with Crippen LogP contribution in [0.1, 0.15) is 34.6 Å². The molecule has 6 heteroatoms. The highest BCUT2D eigenvalue weighted by Gasteiger charge is 2.26. The summed E-state index contributed by atoms with van der Waals surface area (Å²) in [4.78, 5) is 15.3. The fourth-order valence-electron chi connectivity index (χ4n) is 2.75. The summed E-state index contributed by atoms with van der Waals surface area (Å²) in [5, 5.41) is 11.7. The maximum Gasteiger partial charge on any atom is 0.355 e. The van der Waals surface area contributed by atoms with Crippen molar-refractivity contribution in [3.63, 3.8) is 0 Å². The first kappa shape index (κ1) is 18.4. The Morgan fingerprint density at radius 1 is 1.29 bits per heavy atom. The summed E-state index contributed by atoms with van der Waals surface area (Å²) in [7, 11) is 1.89. The molecule has 3 aromatic rings. The molecule has 0 bridgehead atoms. The van der Waals surface area contributed by atoms with E-state index in [4.69, 9.17) is 4.74 Å². The molecule has 126 valence electrons. The van der Waals surface area contributed by atoms with Gasteiger partial charge in [0.2, 0.25) is 0 Å². The van der Waals surface area contributed by atoms with Crippen molar-refractivity contribution in [1.82, 2.24) is 4.98 Å². The van der Waals surface area contributed by atoms with Crippen molar-refractivity contribution >= 4 is 16.9 Å². The molecule has 2 heterocycles. The fourth-order valence-corrected chi connectivity index (χ4v) is 2.75. The van der Waals surface area contributed by atoms with Gasteiger partial charge in [-0.25, -0.2) is 9.36 Å². The number of esters is 1. The first-order valence-corrected chi connectivity index (χ1v) is 7.52. The van der Waals surface area contributed by atoms with E-state index >= 15 is 0 Å². The second-order valence-electron chi connectivity index (χ2n) is 5.39. The zero-order chi connectivity index (χ0) is 16.4. The van der Waals surface area contributed by atoms with Gasteiger partial charge in [0.05, 0.1) is 6.61 Å². The molecule has 2 aromatic heterocycles. The first-order chi connectivity index (χ1) is 11.1. The number of carbonyl (C=O) groups is 1. The number of H-pyrrole nitrogens is 1. The van der Waals surface area contributed by atoms with Crippen LogP contribution in [0.25, 0.3) is 10.9 Å². The van der Waals surface area contributed by atoms with Crippen LogP contribution in [-0.2, 0) is 11.8 Å². The zero-order valence-corrected chi connectivity index (χ0v) is 15.6. The van der Waals surface area contributed by atoms with E-state index in [2.05, 4.69) is 4.98 Å². The topological polar surface area (TPSA) is 66.2 Å². The highest BCUT2D eigenvalue weighted by molar-refractivity contribution is 5.98. The lowest BCUT2D eigenvalue weighted by molar-refractivity contribution is -0.672. The molecule has 0 aliphatic rings. The number of aliphatic hydroxyl groups is 1. The lowest BCUT2D eigenvalue weighted by Gasteiger charge is -2.11. The number of ether oxygens (including phenoxy) is 1. The first-order valence-electron chi connectivity index (χ1n) is 7.52. The van der Waals surface area contributed by atoms with Crippen LogP contribution in [-0.4, -0.2) is 22.7 Å². The molecule has 0 aliphatic heterocycles. The molecule has 1 unspecified atom stereocenters. The SMILES string of the molecule is CCOC(=O)c1[nH]c2ccccc2c1C(O)c1ccc[n+](C)c1.[I-]. The van der Waals surface area contributed by atoms with Gasteiger partial charge in [0, 0.05) is 28.1 Å². The molecule has 0 fully saturated rings. The molecule has 0 amide bonds. The number of carbonyl (C=O) groups excluding carboxylic acids is 1. The number of rotatable bonds is 4. The highest BCUT2D eigenvalue weighted by atomic mass is 127. The Hall–Kier alpha value is -1.93. The summed E-state index contributed by atoms with van der Waals surface area (Å²) in [5.74, 6) is -0.460. The summed E-state index contributed by atoms with van der Waals surface area (Å²) in [6.45, 7) is 2.04. The maximum atomic E-state index is 12.3. The van der Waals surface area contributed by atoms with Crippen LogP contribution in [0.15, 0.2) is 48.8 Å². The lowest BCUT2D eigenvalue weighted by atomic mass is 9.99. The van der Waals surface area contributed by atoms with Gasteiger partial charge in [0.15, 0.2) is 12.4 Å². The minimum absolute atomic E-state index is 0. The minimum Gasteiger partial charge on any atom is -1.00 e. The van der Waals surface area contributed by atoms with Gasteiger partial charge in [0.25, 0.3) is 0 Å². The third-order valence-electron chi connectivity index (χ3n) is 3.78. The number of para-hydroxylation sites is 1. The van der Waals surface area contributed by atoms with Crippen LogP contribution in [0.5, 0.6) is 0 Å². The van der Waals surface area contributed by atoms with E-state index in [9.17, 15) is 9.90 Å². The second kappa shape index (κ2) is 7.76. The number of hydrogen-bond donors (Lipinski definition) is 2. The maximum absolute atomic E-state index is 12.3. The van der Waals surface area contributed by atoms with Gasteiger partial charge in [-0.15, -0.1) is 0 Å². The number of aromatic amines is 1. The van der Waals surface area contributed by atoms with Crippen LogP contribution in [0, 0.1) is 0 Å². The van der Waals surface area contributed by atoms with Gasteiger partial charge in [-0.3, -0.25) is 0 Å². The number of aliphatic hydroxyl groups excluding tert-OH is 1. The third-order valence-corrected chi connectivity index (χ3v) is 3.78. The number of fused-ring (bicyclic) bond motifs is 1. The number of pyridine rings is 1. The summed E-state index contributed by atoms with van der Waals surface area (Å²) < 4.78 is 6.98. The third kappa shape index (κ3) is 3.44. The minimum atomic E-state index is -0.919. The number of hydrogen-bond acceptors (Lipinski definition) is 3. The van der Waals surface area contributed by atoms with Gasteiger partial charge in [-0.05, 0) is 19.1 Å². The number of nitrogens with one attached hydrogen (secondary N) is 1. The molecular formula is C18H19IN2O3. The molecule has 3 rings (SSSR count).